The average Bonchev–Trinajstić information content (AvgIpc) is 3.72. The van der Waals surface area contributed by atoms with Crippen LogP contribution < -0.4 is 0 Å². The normalized spacial score (nSPS) is 22.4. The molecule has 1 aliphatic heterocycles. The largest absolute Gasteiger partial charge is 0.389 e. The number of halogens is 4. The molecule has 6 heteroatoms. The summed E-state index contributed by atoms with van der Waals surface area (Å²) in [6.07, 6.45) is 3.39. The lowest BCUT2D eigenvalue weighted by Gasteiger charge is -2.29. The van der Waals surface area contributed by atoms with Gasteiger partial charge >= 0.3 is 0 Å². The molecule has 5 rings (SSSR count). The summed E-state index contributed by atoms with van der Waals surface area (Å²) < 4.78 is 63.9. The Kier molecular flexibility index (Phi) is 7.18. The van der Waals surface area contributed by atoms with Crippen LogP contribution in [0.2, 0.25) is 0 Å². The summed E-state index contributed by atoms with van der Waals surface area (Å²) >= 11 is 0. The first-order valence-corrected chi connectivity index (χ1v) is 12.7. The standard InChI is InChI=1S/C30H30F4O2/c1-17(35)19-8-10-21(11-9-19)24-15-14-23(28(32)29(24)33)20-5-2-18(3-6-20)4-7-22-12-13-25(26-16-36-26)30(34)27(22)31/h8-15,17-18,20,26,35H,2-7,16H2,1H3. The van der Waals surface area contributed by atoms with Crippen molar-refractivity contribution in [3.05, 3.63) is 94.1 Å². The number of aliphatic hydroxyl groups excluding tert-OH is 1. The van der Waals surface area contributed by atoms with E-state index < -0.39 is 29.4 Å². The van der Waals surface area contributed by atoms with Gasteiger partial charge < -0.3 is 9.84 Å². The maximum absolute atomic E-state index is 15.1. The molecular weight excluding hydrogens is 468 g/mol. The Bertz CT molecular complexity index is 1230. The molecule has 2 unspecified atom stereocenters. The highest BCUT2D eigenvalue weighted by molar-refractivity contribution is 5.65. The van der Waals surface area contributed by atoms with E-state index in [2.05, 4.69) is 0 Å². The second kappa shape index (κ2) is 10.3. The maximum Gasteiger partial charge on any atom is 0.166 e. The third kappa shape index (κ3) is 5.07. The van der Waals surface area contributed by atoms with E-state index in [9.17, 15) is 13.9 Å². The molecule has 0 bridgehead atoms. The molecule has 3 aromatic carbocycles. The van der Waals surface area contributed by atoms with Crippen LogP contribution in [0.5, 0.6) is 0 Å². The van der Waals surface area contributed by atoms with Crippen molar-refractivity contribution in [1.82, 2.24) is 0 Å². The quantitative estimate of drug-likeness (QED) is 0.265. The fraction of sp³-hybridized carbons (Fsp3) is 0.400. The van der Waals surface area contributed by atoms with Gasteiger partial charge in [0.25, 0.3) is 0 Å². The van der Waals surface area contributed by atoms with Gasteiger partial charge in [0.15, 0.2) is 23.3 Å². The Morgan fingerprint density at radius 2 is 1.44 bits per heavy atom. The molecule has 2 fully saturated rings. The lowest BCUT2D eigenvalue weighted by Crippen LogP contribution is -2.16. The van der Waals surface area contributed by atoms with Crippen LogP contribution in [0, 0.1) is 29.2 Å². The number of benzene rings is 3. The van der Waals surface area contributed by atoms with Crippen molar-refractivity contribution in [2.24, 2.45) is 5.92 Å². The fourth-order valence-electron chi connectivity index (χ4n) is 5.44. The molecule has 2 aliphatic rings. The summed E-state index contributed by atoms with van der Waals surface area (Å²) in [6.45, 7) is 2.09. The first-order chi connectivity index (χ1) is 17.3. The van der Waals surface area contributed by atoms with E-state index in [1.807, 2.05) is 0 Å². The summed E-state index contributed by atoms with van der Waals surface area (Å²) in [5.74, 6) is -2.96. The van der Waals surface area contributed by atoms with Crippen LogP contribution >= 0.6 is 0 Å². The Balaban J connectivity index is 1.20. The number of epoxide rings is 1. The zero-order valence-electron chi connectivity index (χ0n) is 20.2. The van der Waals surface area contributed by atoms with E-state index in [-0.39, 0.29) is 23.1 Å². The first-order valence-electron chi connectivity index (χ1n) is 12.7. The third-order valence-electron chi connectivity index (χ3n) is 7.80. The lowest BCUT2D eigenvalue weighted by molar-refractivity contribution is 0.199. The van der Waals surface area contributed by atoms with Crippen molar-refractivity contribution in [3.63, 3.8) is 0 Å². The Morgan fingerprint density at radius 3 is 2.08 bits per heavy atom. The van der Waals surface area contributed by atoms with Crippen molar-refractivity contribution in [1.29, 1.82) is 0 Å². The predicted molar refractivity (Wildman–Crippen MR) is 130 cm³/mol. The molecule has 1 saturated heterocycles. The van der Waals surface area contributed by atoms with Crippen LogP contribution in [-0.2, 0) is 11.2 Å². The van der Waals surface area contributed by atoms with Crippen LogP contribution in [-0.4, -0.2) is 11.7 Å². The summed E-state index contributed by atoms with van der Waals surface area (Å²) in [7, 11) is 0. The first kappa shape index (κ1) is 25.0. The highest BCUT2D eigenvalue weighted by Crippen LogP contribution is 2.40. The molecule has 0 aromatic heterocycles. The van der Waals surface area contributed by atoms with Crippen molar-refractivity contribution in [3.8, 4) is 11.1 Å². The van der Waals surface area contributed by atoms with Crippen molar-refractivity contribution in [2.45, 2.75) is 63.6 Å². The Hall–Kier alpha value is -2.70. The Morgan fingerprint density at radius 1 is 0.806 bits per heavy atom. The van der Waals surface area contributed by atoms with Crippen molar-refractivity contribution in [2.75, 3.05) is 6.61 Å². The number of hydrogen-bond donors (Lipinski definition) is 1. The van der Waals surface area contributed by atoms with Crippen LogP contribution in [0.4, 0.5) is 17.6 Å². The molecule has 3 aromatic rings. The molecule has 2 atom stereocenters. The minimum absolute atomic E-state index is 0.0607. The smallest absolute Gasteiger partial charge is 0.166 e. The van der Waals surface area contributed by atoms with E-state index in [1.54, 1.807) is 55.5 Å². The molecule has 1 heterocycles. The molecule has 0 amide bonds. The van der Waals surface area contributed by atoms with Crippen molar-refractivity contribution < 1.29 is 27.4 Å². The maximum atomic E-state index is 15.1. The summed E-state index contributed by atoms with van der Waals surface area (Å²) in [6, 6.07) is 13.4. The second-order valence-corrected chi connectivity index (χ2v) is 10.1. The molecule has 0 spiro atoms. The van der Waals surface area contributed by atoms with Crippen molar-refractivity contribution >= 4 is 0 Å². The molecular formula is C30H30F4O2. The van der Waals surface area contributed by atoms with Gasteiger partial charge in [0.2, 0.25) is 0 Å². The third-order valence-corrected chi connectivity index (χ3v) is 7.80. The summed E-state index contributed by atoms with van der Waals surface area (Å²) in [5, 5.41) is 9.66. The van der Waals surface area contributed by atoms with Gasteiger partial charge in [0.05, 0.1) is 12.7 Å². The summed E-state index contributed by atoms with van der Waals surface area (Å²) in [5.41, 5.74) is 2.55. The molecule has 1 N–H and O–H groups in total. The zero-order chi connectivity index (χ0) is 25.4. The van der Waals surface area contributed by atoms with Gasteiger partial charge in [-0.25, -0.2) is 17.6 Å². The van der Waals surface area contributed by atoms with Gasteiger partial charge in [-0.2, -0.15) is 0 Å². The number of ether oxygens (including phenoxy) is 1. The van der Waals surface area contributed by atoms with Gasteiger partial charge in [-0.1, -0.05) is 48.5 Å². The van der Waals surface area contributed by atoms with Crippen LogP contribution in [0.1, 0.15) is 79.4 Å². The van der Waals surface area contributed by atoms with Crippen LogP contribution in [0.15, 0.2) is 48.5 Å². The molecule has 190 valence electrons. The van der Waals surface area contributed by atoms with Crippen LogP contribution in [0.25, 0.3) is 11.1 Å². The topological polar surface area (TPSA) is 32.8 Å². The highest BCUT2D eigenvalue weighted by atomic mass is 19.2. The number of aliphatic hydroxyl groups is 1. The number of hydrogen-bond acceptors (Lipinski definition) is 2. The molecule has 1 saturated carbocycles. The molecule has 1 aliphatic carbocycles. The van der Waals surface area contributed by atoms with Gasteiger partial charge in [-0.3, -0.25) is 0 Å². The number of rotatable bonds is 7. The Labute approximate surface area is 208 Å². The fourth-order valence-corrected chi connectivity index (χ4v) is 5.44. The van der Waals surface area contributed by atoms with Gasteiger partial charge in [0, 0.05) is 11.1 Å². The average molecular weight is 499 g/mol. The van der Waals surface area contributed by atoms with E-state index in [1.165, 1.54) is 0 Å². The SMILES string of the molecule is CC(O)c1ccc(-c2ccc(C3CCC(CCc4ccc(C5CO5)c(F)c4F)CC3)c(F)c2F)cc1. The minimum atomic E-state index is -0.850. The summed E-state index contributed by atoms with van der Waals surface area (Å²) in [4.78, 5) is 0. The highest BCUT2D eigenvalue weighted by Gasteiger charge is 2.30. The molecule has 0 radical (unpaired) electrons. The van der Waals surface area contributed by atoms with Gasteiger partial charge in [-0.05, 0) is 79.5 Å². The zero-order valence-corrected chi connectivity index (χ0v) is 20.2. The van der Waals surface area contributed by atoms with Crippen LogP contribution in [0.3, 0.4) is 0 Å². The number of aryl methyl sites for hydroxylation is 1. The lowest BCUT2D eigenvalue weighted by atomic mass is 9.76. The predicted octanol–water partition coefficient (Wildman–Crippen LogP) is 7.94. The second-order valence-electron chi connectivity index (χ2n) is 10.1. The van der Waals surface area contributed by atoms with Gasteiger partial charge in [-0.15, -0.1) is 0 Å². The van der Waals surface area contributed by atoms with Gasteiger partial charge in [0.1, 0.15) is 6.10 Å². The van der Waals surface area contributed by atoms with E-state index in [0.717, 1.165) is 32.1 Å². The monoisotopic (exact) mass is 498 g/mol. The van der Waals surface area contributed by atoms with E-state index in [4.69, 9.17) is 4.74 Å². The van der Waals surface area contributed by atoms with E-state index >= 15 is 8.78 Å². The minimum Gasteiger partial charge on any atom is -0.389 e. The molecule has 2 nitrogen and oxygen atoms in total. The van der Waals surface area contributed by atoms with E-state index in [0.29, 0.717) is 41.2 Å². The molecule has 36 heavy (non-hydrogen) atoms.